The van der Waals surface area contributed by atoms with Gasteiger partial charge in [-0.2, -0.15) is 0 Å². The second kappa shape index (κ2) is 9.89. The summed E-state index contributed by atoms with van der Waals surface area (Å²) in [6.07, 6.45) is 3.73. The summed E-state index contributed by atoms with van der Waals surface area (Å²) in [5.41, 5.74) is 2.42. The number of hydrogen-bond donors (Lipinski definition) is 2. The van der Waals surface area contributed by atoms with E-state index in [1.807, 2.05) is 6.07 Å². The maximum atomic E-state index is 12.5. The van der Waals surface area contributed by atoms with Crippen LogP contribution in [0.4, 0.5) is 5.13 Å². The van der Waals surface area contributed by atoms with Crippen LogP contribution in [0.15, 0.2) is 52.5 Å². The zero-order valence-corrected chi connectivity index (χ0v) is 18.3. The normalized spacial score (nSPS) is 16.7. The first-order valence-electron chi connectivity index (χ1n) is 10.4. The Morgan fingerprint density at radius 3 is 2.87 bits per heavy atom. The molecule has 1 unspecified atom stereocenters. The lowest BCUT2D eigenvalue weighted by molar-refractivity contribution is -0.121. The third kappa shape index (κ3) is 5.80. The molecule has 3 aromatic rings. The predicted octanol–water partition coefficient (Wildman–Crippen LogP) is 3.62. The summed E-state index contributed by atoms with van der Waals surface area (Å²) >= 11 is 1.31. The third-order valence-corrected chi connectivity index (χ3v) is 6.14. The van der Waals surface area contributed by atoms with E-state index in [9.17, 15) is 9.59 Å². The highest BCUT2D eigenvalue weighted by molar-refractivity contribution is 7.14. The molecule has 2 N–H and O–H groups in total. The zero-order valence-electron chi connectivity index (χ0n) is 17.5. The summed E-state index contributed by atoms with van der Waals surface area (Å²) in [5.74, 6) is 0.250. The smallest absolute Gasteiger partial charge is 0.260 e. The van der Waals surface area contributed by atoms with Crippen LogP contribution in [-0.2, 0) is 17.8 Å². The Hall–Kier alpha value is -2.97. The Bertz CT molecular complexity index is 1030. The fraction of sp³-hybridized carbons (Fsp3) is 0.348. The summed E-state index contributed by atoms with van der Waals surface area (Å²) in [7, 11) is 0. The largest absolute Gasteiger partial charge is 0.469 e. The van der Waals surface area contributed by atoms with Crippen LogP contribution in [0.2, 0.25) is 0 Å². The van der Waals surface area contributed by atoms with Crippen LogP contribution in [-0.4, -0.2) is 40.8 Å². The lowest BCUT2D eigenvalue weighted by Crippen LogP contribution is -2.47. The van der Waals surface area contributed by atoms with Crippen LogP contribution in [0.1, 0.15) is 40.2 Å². The molecule has 0 radical (unpaired) electrons. The molecule has 0 aliphatic carbocycles. The summed E-state index contributed by atoms with van der Waals surface area (Å²) in [4.78, 5) is 31.6. The second-order valence-corrected chi connectivity index (χ2v) is 8.65. The van der Waals surface area contributed by atoms with E-state index in [0.29, 0.717) is 22.1 Å². The number of thiazole rings is 1. The number of carbonyl (C=O) groups excluding carboxylic acids is 2. The number of anilines is 1. The molecule has 4 rings (SSSR count). The molecule has 8 heteroatoms. The van der Waals surface area contributed by atoms with Crippen LogP contribution in [0.25, 0.3) is 0 Å². The van der Waals surface area contributed by atoms with E-state index < -0.39 is 0 Å². The van der Waals surface area contributed by atoms with Crippen molar-refractivity contribution in [2.24, 2.45) is 0 Å². The van der Waals surface area contributed by atoms with Crippen molar-refractivity contribution in [2.45, 2.75) is 38.8 Å². The van der Waals surface area contributed by atoms with Crippen molar-refractivity contribution in [1.29, 1.82) is 0 Å². The van der Waals surface area contributed by atoms with E-state index in [1.165, 1.54) is 23.2 Å². The molecule has 162 valence electrons. The number of aromatic nitrogens is 1. The number of amides is 2. The van der Waals surface area contributed by atoms with Crippen LogP contribution in [0.5, 0.6) is 0 Å². The van der Waals surface area contributed by atoms with Gasteiger partial charge in [0.15, 0.2) is 5.13 Å². The van der Waals surface area contributed by atoms with Crippen LogP contribution in [0.3, 0.4) is 0 Å². The van der Waals surface area contributed by atoms with E-state index in [2.05, 4.69) is 44.8 Å². The Kier molecular flexibility index (Phi) is 6.79. The van der Waals surface area contributed by atoms with Gasteiger partial charge < -0.3 is 9.73 Å². The highest BCUT2D eigenvalue weighted by atomic mass is 32.1. The zero-order chi connectivity index (χ0) is 21.6. The summed E-state index contributed by atoms with van der Waals surface area (Å²) in [6, 6.07) is 12.2. The van der Waals surface area contributed by atoms with Crippen molar-refractivity contribution in [2.75, 3.05) is 18.4 Å². The second-order valence-electron chi connectivity index (χ2n) is 7.79. The number of nitrogens with zero attached hydrogens (tertiary/aromatic N) is 2. The fourth-order valence-electron chi connectivity index (χ4n) is 3.83. The molecule has 31 heavy (non-hydrogen) atoms. The number of piperidine rings is 1. The van der Waals surface area contributed by atoms with Crippen molar-refractivity contribution >= 4 is 28.3 Å². The van der Waals surface area contributed by atoms with Crippen LogP contribution in [0, 0.1) is 6.92 Å². The number of likely N-dealkylation sites (tertiary alicyclic amines) is 1. The minimum absolute atomic E-state index is 0.0413. The first kappa shape index (κ1) is 21.3. The Morgan fingerprint density at radius 1 is 1.26 bits per heavy atom. The summed E-state index contributed by atoms with van der Waals surface area (Å²) in [6.45, 7) is 4.53. The lowest BCUT2D eigenvalue weighted by atomic mass is 10.0. The Morgan fingerprint density at radius 2 is 2.10 bits per heavy atom. The molecule has 2 aromatic heterocycles. The van der Waals surface area contributed by atoms with Gasteiger partial charge in [-0.05, 0) is 37.9 Å². The van der Waals surface area contributed by atoms with Gasteiger partial charge in [0.05, 0.1) is 23.9 Å². The number of rotatable bonds is 7. The van der Waals surface area contributed by atoms with E-state index in [-0.39, 0.29) is 24.3 Å². The molecule has 1 aliphatic rings. The van der Waals surface area contributed by atoms with Crippen LogP contribution < -0.4 is 10.6 Å². The molecule has 3 heterocycles. The number of benzene rings is 1. The summed E-state index contributed by atoms with van der Waals surface area (Å²) in [5, 5.41) is 8.18. The van der Waals surface area contributed by atoms with E-state index >= 15 is 0 Å². The van der Waals surface area contributed by atoms with Crippen molar-refractivity contribution in [3.8, 4) is 0 Å². The minimum Gasteiger partial charge on any atom is -0.469 e. The molecule has 1 aliphatic heterocycles. The van der Waals surface area contributed by atoms with Gasteiger partial charge in [0.25, 0.3) is 5.91 Å². The highest BCUT2D eigenvalue weighted by Gasteiger charge is 2.22. The molecular formula is C23H26N4O3S. The summed E-state index contributed by atoms with van der Waals surface area (Å²) < 4.78 is 5.16. The molecule has 0 bridgehead atoms. The highest BCUT2D eigenvalue weighted by Crippen LogP contribution is 2.19. The SMILES string of the molecule is Cc1occc1C(=O)Nc1nc(CC(=O)NC2CCCN(Cc3ccccc3)C2)cs1. The molecular weight excluding hydrogens is 412 g/mol. The van der Waals surface area contributed by atoms with E-state index in [1.54, 1.807) is 18.4 Å². The standard InChI is InChI=1S/C23H26N4O3S/c1-16-20(9-11-30-16)22(29)26-23-25-19(15-31-23)12-21(28)24-18-8-5-10-27(14-18)13-17-6-3-2-4-7-17/h2-4,6-7,9,11,15,18H,5,8,10,12-14H2,1H3,(H,24,28)(H,25,26,29). The van der Waals surface area contributed by atoms with Crippen molar-refractivity contribution in [1.82, 2.24) is 15.2 Å². The lowest BCUT2D eigenvalue weighted by Gasteiger charge is -2.33. The number of aryl methyl sites for hydroxylation is 1. The van der Waals surface area contributed by atoms with Gasteiger partial charge in [0.1, 0.15) is 5.76 Å². The molecule has 1 aromatic carbocycles. The molecule has 2 amide bonds. The predicted molar refractivity (Wildman–Crippen MR) is 120 cm³/mol. The number of carbonyl (C=O) groups is 2. The van der Waals surface area contributed by atoms with Crippen LogP contribution >= 0.6 is 11.3 Å². The topological polar surface area (TPSA) is 87.5 Å². The Balaban J connectivity index is 1.26. The molecule has 1 saturated heterocycles. The van der Waals surface area contributed by atoms with Gasteiger partial charge in [-0.3, -0.25) is 19.8 Å². The molecule has 0 spiro atoms. The third-order valence-electron chi connectivity index (χ3n) is 5.34. The van der Waals surface area contributed by atoms with Gasteiger partial charge in [-0.1, -0.05) is 30.3 Å². The van der Waals surface area contributed by atoms with Crippen molar-refractivity contribution < 1.29 is 14.0 Å². The van der Waals surface area contributed by atoms with Gasteiger partial charge in [0.2, 0.25) is 5.91 Å². The average Bonchev–Trinajstić information content (AvgIpc) is 3.37. The number of furan rings is 1. The first-order valence-corrected chi connectivity index (χ1v) is 11.3. The maximum Gasteiger partial charge on any atom is 0.260 e. The average molecular weight is 439 g/mol. The molecule has 7 nitrogen and oxygen atoms in total. The molecule has 1 atom stereocenters. The number of nitrogens with one attached hydrogen (secondary N) is 2. The van der Waals surface area contributed by atoms with E-state index in [4.69, 9.17) is 4.42 Å². The fourth-order valence-corrected chi connectivity index (χ4v) is 4.54. The van der Waals surface area contributed by atoms with Crippen molar-refractivity contribution in [3.63, 3.8) is 0 Å². The minimum atomic E-state index is -0.266. The van der Waals surface area contributed by atoms with Gasteiger partial charge in [0, 0.05) is 24.5 Å². The quantitative estimate of drug-likeness (QED) is 0.588. The van der Waals surface area contributed by atoms with Gasteiger partial charge in [-0.15, -0.1) is 11.3 Å². The maximum absolute atomic E-state index is 12.5. The van der Waals surface area contributed by atoms with Gasteiger partial charge in [-0.25, -0.2) is 4.98 Å². The number of hydrogen-bond acceptors (Lipinski definition) is 6. The molecule has 1 fully saturated rings. The first-order chi connectivity index (χ1) is 15.1. The van der Waals surface area contributed by atoms with E-state index in [0.717, 1.165) is 32.5 Å². The Labute approximate surface area is 185 Å². The van der Waals surface area contributed by atoms with Gasteiger partial charge >= 0.3 is 0 Å². The van der Waals surface area contributed by atoms with Crippen molar-refractivity contribution in [3.05, 3.63) is 70.6 Å². The monoisotopic (exact) mass is 438 g/mol. The molecule has 0 saturated carbocycles.